The zero-order chi connectivity index (χ0) is 20.3. The molecule has 1 aromatic heterocycles. The molecule has 5 nitrogen and oxygen atoms in total. The van der Waals surface area contributed by atoms with E-state index in [2.05, 4.69) is 10.4 Å². The van der Waals surface area contributed by atoms with Gasteiger partial charge in [-0.05, 0) is 68.7 Å². The normalized spacial score (nSPS) is 10.8. The largest absolute Gasteiger partial charge is 0.497 e. The summed E-state index contributed by atoms with van der Waals surface area (Å²) in [5, 5.41) is 7.48. The lowest BCUT2D eigenvalue weighted by molar-refractivity contribution is -0.116. The van der Waals surface area contributed by atoms with Crippen molar-refractivity contribution in [3.05, 3.63) is 70.8 Å². The predicted molar refractivity (Wildman–Crippen MR) is 108 cm³/mol. The SMILES string of the molecule is COc1cccc(-n2nc(C)c(CCC(=O)Nc3ccc(F)cc3C)c2C)c1. The van der Waals surface area contributed by atoms with Crippen LogP contribution < -0.4 is 10.1 Å². The molecule has 0 aliphatic carbocycles. The number of nitrogens with one attached hydrogen (secondary N) is 1. The second-order valence-corrected chi connectivity index (χ2v) is 6.77. The average molecular weight is 381 g/mol. The lowest BCUT2D eigenvalue weighted by Crippen LogP contribution is -2.13. The van der Waals surface area contributed by atoms with Gasteiger partial charge in [0.2, 0.25) is 5.91 Å². The molecule has 1 amide bonds. The molecule has 0 aliphatic rings. The molecule has 0 saturated carbocycles. The number of halogens is 1. The lowest BCUT2D eigenvalue weighted by atomic mass is 10.1. The molecular weight excluding hydrogens is 357 g/mol. The topological polar surface area (TPSA) is 56.2 Å². The van der Waals surface area contributed by atoms with Crippen LogP contribution in [0.15, 0.2) is 42.5 Å². The lowest BCUT2D eigenvalue weighted by Gasteiger charge is -2.09. The van der Waals surface area contributed by atoms with Gasteiger partial charge in [0.15, 0.2) is 0 Å². The molecule has 3 rings (SSSR count). The van der Waals surface area contributed by atoms with Crippen LogP contribution in [0, 0.1) is 26.6 Å². The summed E-state index contributed by atoms with van der Waals surface area (Å²) in [5.74, 6) is 0.343. The Morgan fingerprint density at radius 1 is 1.18 bits per heavy atom. The summed E-state index contributed by atoms with van der Waals surface area (Å²) in [6, 6.07) is 12.0. The zero-order valence-corrected chi connectivity index (χ0v) is 16.5. The molecule has 0 fully saturated rings. The van der Waals surface area contributed by atoms with Crippen molar-refractivity contribution in [2.24, 2.45) is 0 Å². The Morgan fingerprint density at radius 3 is 2.68 bits per heavy atom. The highest BCUT2D eigenvalue weighted by Gasteiger charge is 2.15. The van der Waals surface area contributed by atoms with Crippen LogP contribution in [0.3, 0.4) is 0 Å². The van der Waals surface area contributed by atoms with E-state index >= 15 is 0 Å². The van der Waals surface area contributed by atoms with Crippen LogP contribution in [-0.4, -0.2) is 22.8 Å². The van der Waals surface area contributed by atoms with Crippen LogP contribution in [0.2, 0.25) is 0 Å². The summed E-state index contributed by atoms with van der Waals surface area (Å²) in [5.41, 5.74) is 5.19. The second-order valence-electron chi connectivity index (χ2n) is 6.77. The Balaban J connectivity index is 1.72. The van der Waals surface area contributed by atoms with E-state index in [0.717, 1.165) is 28.4 Å². The zero-order valence-electron chi connectivity index (χ0n) is 16.5. The first-order valence-corrected chi connectivity index (χ1v) is 9.14. The summed E-state index contributed by atoms with van der Waals surface area (Å²) in [6.45, 7) is 5.71. The number of methoxy groups -OCH3 is 1. The summed E-state index contributed by atoms with van der Waals surface area (Å²) in [4.78, 5) is 12.4. The van der Waals surface area contributed by atoms with Gasteiger partial charge in [-0.2, -0.15) is 5.10 Å². The van der Waals surface area contributed by atoms with Crippen molar-refractivity contribution in [2.75, 3.05) is 12.4 Å². The Bertz CT molecular complexity index is 1010. The number of aromatic nitrogens is 2. The van der Waals surface area contributed by atoms with Crippen molar-refractivity contribution in [2.45, 2.75) is 33.6 Å². The molecule has 146 valence electrons. The van der Waals surface area contributed by atoms with Crippen LogP contribution in [0.1, 0.15) is 28.9 Å². The number of carbonyl (C=O) groups excluding carboxylic acids is 1. The van der Waals surface area contributed by atoms with E-state index in [1.54, 1.807) is 20.1 Å². The monoisotopic (exact) mass is 381 g/mol. The number of benzene rings is 2. The number of hydrogen-bond acceptors (Lipinski definition) is 3. The van der Waals surface area contributed by atoms with Gasteiger partial charge in [-0.1, -0.05) is 6.07 Å². The number of ether oxygens (including phenoxy) is 1. The van der Waals surface area contributed by atoms with Crippen molar-refractivity contribution in [1.82, 2.24) is 9.78 Å². The molecule has 0 atom stereocenters. The second kappa shape index (κ2) is 8.25. The molecule has 0 bridgehead atoms. The van der Waals surface area contributed by atoms with E-state index in [4.69, 9.17) is 4.74 Å². The minimum absolute atomic E-state index is 0.109. The summed E-state index contributed by atoms with van der Waals surface area (Å²) >= 11 is 0. The van der Waals surface area contributed by atoms with Crippen molar-refractivity contribution in [3.8, 4) is 11.4 Å². The van der Waals surface area contributed by atoms with Gasteiger partial charge in [-0.25, -0.2) is 9.07 Å². The van der Waals surface area contributed by atoms with Gasteiger partial charge in [0.05, 0.1) is 18.5 Å². The number of rotatable bonds is 6. The molecule has 1 heterocycles. The molecule has 0 unspecified atom stereocenters. The molecule has 1 N–H and O–H groups in total. The van der Waals surface area contributed by atoms with Crippen molar-refractivity contribution < 1.29 is 13.9 Å². The van der Waals surface area contributed by atoms with Crippen LogP contribution in [0.25, 0.3) is 5.69 Å². The number of nitrogens with zero attached hydrogens (tertiary/aromatic N) is 2. The highest BCUT2D eigenvalue weighted by atomic mass is 19.1. The first kappa shape index (κ1) is 19.6. The minimum atomic E-state index is -0.313. The van der Waals surface area contributed by atoms with Gasteiger partial charge >= 0.3 is 0 Å². The van der Waals surface area contributed by atoms with Crippen LogP contribution in [0.4, 0.5) is 10.1 Å². The fourth-order valence-electron chi connectivity index (χ4n) is 3.25. The van der Waals surface area contributed by atoms with E-state index in [1.807, 2.05) is 42.8 Å². The number of aryl methyl sites for hydroxylation is 2. The highest BCUT2D eigenvalue weighted by Crippen LogP contribution is 2.22. The third-order valence-corrected chi connectivity index (χ3v) is 4.80. The van der Waals surface area contributed by atoms with Gasteiger partial charge in [-0.15, -0.1) is 0 Å². The molecule has 6 heteroatoms. The number of anilines is 1. The highest BCUT2D eigenvalue weighted by molar-refractivity contribution is 5.91. The van der Waals surface area contributed by atoms with Gasteiger partial charge in [0, 0.05) is 23.9 Å². The van der Waals surface area contributed by atoms with E-state index < -0.39 is 0 Å². The van der Waals surface area contributed by atoms with E-state index in [0.29, 0.717) is 24.1 Å². The maximum atomic E-state index is 13.2. The minimum Gasteiger partial charge on any atom is -0.497 e. The molecule has 0 aliphatic heterocycles. The van der Waals surface area contributed by atoms with Crippen LogP contribution in [0.5, 0.6) is 5.75 Å². The fourth-order valence-corrected chi connectivity index (χ4v) is 3.25. The Morgan fingerprint density at radius 2 is 1.96 bits per heavy atom. The van der Waals surface area contributed by atoms with E-state index in [-0.39, 0.29) is 11.7 Å². The molecule has 0 saturated heterocycles. The first-order chi connectivity index (χ1) is 13.4. The van der Waals surface area contributed by atoms with Crippen LogP contribution >= 0.6 is 0 Å². The average Bonchev–Trinajstić information content (AvgIpc) is 2.96. The molecule has 2 aromatic carbocycles. The van der Waals surface area contributed by atoms with Crippen molar-refractivity contribution in [3.63, 3.8) is 0 Å². The Hall–Kier alpha value is -3.15. The molecule has 0 spiro atoms. The molecule has 28 heavy (non-hydrogen) atoms. The molecule has 0 radical (unpaired) electrons. The third kappa shape index (κ3) is 4.22. The van der Waals surface area contributed by atoms with Crippen molar-refractivity contribution >= 4 is 11.6 Å². The van der Waals surface area contributed by atoms with Gasteiger partial charge in [0.25, 0.3) is 0 Å². The van der Waals surface area contributed by atoms with Gasteiger partial charge in [-0.3, -0.25) is 4.79 Å². The maximum Gasteiger partial charge on any atom is 0.224 e. The van der Waals surface area contributed by atoms with Crippen LogP contribution in [-0.2, 0) is 11.2 Å². The third-order valence-electron chi connectivity index (χ3n) is 4.80. The summed E-state index contributed by atoms with van der Waals surface area (Å²) in [6.07, 6.45) is 0.899. The Labute approximate surface area is 164 Å². The number of hydrogen-bond donors (Lipinski definition) is 1. The number of carbonyl (C=O) groups is 1. The summed E-state index contributed by atoms with van der Waals surface area (Å²) in [7, 11) is 1.63. The first-order valence-electron chi connectivity index (χ1n) is 9.14. The van der Waals surface area contributed by atoms with Gasteiger partial charge in [0.1, 0.15) is 11.6 Å². The fraction of sp³-hybridized carbons (Fsp3) is 0.273. The number of amides is 1. The molecule has 3 aromatic rings. The summed E-state index contributed by atoms with van der Waals surface area (Å²) < 4.78 is 20.4. The quantitative estimate of drug-likeness (QED) is 0.683. The maximum absolute atomic E-state index is 13.2. The standard InChI is InChI=1S/C22H24FN3O2/c1-14-12-17(23)8-10-21(14)24-22(27)11-9-20-15(2)25-26(16(20)3)18-6-5-7-19(13-18)28-4/h5-8,10,12-13H,9,11H2,1-4H3,(H,24,27). The predicted octanol–water partition coefficient (Wildman–Crippen LogP) is 4.52. The molecular formula is C22H24FN3O2. The van der Waals surface area contributed by atoms with E-state index in [9.17, 15) is 9.18 Å². The Kier molecular flexibility index (Phi) is 5.78. The smallest absolute Gasteiger partial charge is 0.224 e. The van der Waals surface area contributed by atoms with Gasteiger partial charge < -0.3 is 10.1 Å². The van der Waals surface area contributed by atoms with E-state index in [1.165, 1.54) is 12.1 Å². The van der Waals surface area contributed by atoms with Crippen molar-refractivity contribution in [1.29, 1.82) is 0 Å².